The topological polar surface area (TPSA) is 69.7 Å². The van der Waals surface area contributed by atoms with Crippen LogP contribution in [-0.2, 0) is 16.6 Å². The maximum atomic E-state index is 13.3. The summed E-state index contributed by atoms with van der Waals surface area (Å²) in [5.41, 5.74) is 2.77. The molecule has 156 valence electrons. The molecule has 7 heteroatoms. The zero-order valence-corrected chi connectivity index (χ0v) is 18.5. The van der Waals surface area contributed by atoms with E-state index in [9.17, 15) is 13.2 Å². The first-order valence-electron chi connectivity index (χ1n) is 9.71. The SMILES string of the molecule is Cc1ccc(S(=O)(=O)NC(C)(C)C)cc1C(=O)N1CCN(C)c2ccccc2C1. The zero-order valence-electron chi connectivity index (χ0n) is 17.7. The highest BCUT2D eigenvalue weighted by Crippen LogP contribution is 2.26. The highest BCUT2D eigenvalue weighted by molar-refractivity contribution is 7.89. The van der Waals surface area contributed by atoms with Crippen LogP contribution in [0, 0.1) is 6.92 Å². The van der Waals surface area contributed by atoms with Gasteiger partial charge in [0.1, 0.15) is 0 Å². The van der Waals surface area contributed by atoms with Crippen LogP contribution in [0.2, 0.25) is 0 Å². The predicted molar refractivity (Wildman–Crippen MR) is 116 cm³/mol. The maximum Gasteiger partial charge on any atom is 0.254 e. The Bertz CT molecular complexity index is 1030. The second-order valence-corrected chi connectivity index (χ2v) is 10.3. The first kappa shape index (κ1) is 21.3. The summed E-state index contributed by atoms with van der Waals surface area (Å²) < 4.78 is 28.1. The van der Waals surface area contributed by atoms with Crippen LogP contribution in [0.15, 0.2) is 47.4 Å². The fourth-order valence-corrected chi connectivity index (χ4v) is 4.94. The molecule has 0 fully saturated rings. The molecular formula is C22H29N3O3S. The molecule has 6 nitrogen and oxygen atoms in total. The van der Waals surface area contributed by atoms with Crippen LogP contribution in [0.4, 0.5) is 5.69 Å². The van der Waals surface area contributed by atoms with E-state index < -0.39 is 15.6 Å². The average Bonchev–Trinajstić information content (AvgIpc) is 2.79. The van der Waals surface area contributed by atoms with Crippen LogP contribution in [-0.4, -0.2) is 44.9 Å². The third kappa shape index (κ3) is 4.79. The minimum absolute atomic E-state index is 0.105. The number of hydrogen-bond donors (Lipinski definition) is 1. The van der Waals surface area contributed by atoms with Gasteiger partial charge in [-0.05, 0) is 57.0 Å². The second kappa shape index (κ2) is 7.80. The van der Waals surface area contributed by atoms with Gasteiger partial charge in [0, 0.05) is 43.5 Å². The van der Waals surface area contributed by atoms with Crippen LogP contribution in [0.25, 0.3) is 0 Å². The predicted octanol–water partition coefficient (Wildman–Crippen LogP) is 3.16. The number of anilines is 1. The highest BCUT2D eigenvalue weighted by atomic mass is 32.2. The fourth-order valence-electron chi connectivity index (χ4n) is 3.50. The lowest BCUT2D eigenvalue weighted by molar-refractivity contribution is 0.0750. The van der Waals surface area contributed by atoms with Gasteiger partial charge in [0.05, 0.1) is 4.90 Å². The van der Waals surface area contributed by atoms with Gasteiger partial charge in [-0.25, -0.2) is 13.1 Å². The molecule has 2 aromatic carbocycles. The molecule has 0 bridgehead atoms. The Labute approximate surface area is 173 Å². The summed E-state index contributed by atoms with van der Waals surface area (Å²) in [6.07, 6.45) is 0. The molecule has 0 spiro atoms. The minimum Gasteiger partial charge on any atom is -0.373 e. The number of aryl methyl sites for hydroxylation is 1. The van der Waals surface area contributed by atoms with E-state index in [1.54, 1.807) is 37.8 Å². The van der Waals surface area contributed by atoms with Crippen molar-refractivity contribution in [3.05, 3.63) is 59.2 Å². The van der Waals surface area contributed by atoms with Crippen molar-refractivity contribution in [2.24, 2.45) is 0 Å². The van der Waals surface area contributed by atoms with E-state index in [-0.39, 0.29) is 10.8 Å². The van der Waals surface area contributed by atoms with Crippen molar-refractivity contribution < 1.29 is 13.2 Å². The van der Waals surface area contributed by atoms with E-state index in [4.69, 9.17) is 0 Å². The number of fused-ring (bicyclic) bond motifs is 1. The first-order chi connectivity index (χ1) is 13.5. The van der Waals surface area contributed by atoms with Gasteiger partial charge in [0.2, 0.25) is 10.0 Å². The molecule has 0 atom stereocenters. The van der Waals surface area contributed by atoms with Crippen LogP contribution >= 0.6 is 0 Å². The van der Waals surface area contributed by atoms with Crippen molar-refractivity contribution in [1.82, 2.24) is 9.62 Å². The molecule has 0 unspecified atom stereocenters. The van der Waals surface area contributed by atoms with Crippen LogP contribution in [0.5, 0.6) is 0 Å². The summed E-state index contributed by atoms with van der Waals surface area (Å²) in [5, 5.41) is 0. The highest BCUT2D eigenvalue weighted by Gasteiger charge is 2.26. The Morgan fingerprint density at radius 3 is 2.45 bits per heavy atom. The molecule has 0 radical (unpaired) electrons. The van der Waals surface area contributed by atoms with Crippen LogP contribution < -0.4 is 9.62 Å². The lowest BCUT2D eigenvalue weighted by Crippen LogP contribution is -2.40. The van der Waals surface area contributed by atoms with Gasteiger partial charge in [-0.2, -0.15) is 0 Å². The molecule has 1 aliphatic rings. The molecule has 1 amide bonds. The van der Waals surface area contributed by atoms with Gasteiger partial charge < -0.3 is 9.80 Å². The molecule has 0 aliphatic carbocycles. The maximum absolute atomic E-state index is 13.3. The molecule has 0 aromatic heterocycles. The quantitative estimate of drug-likeness (QED) is 0.836. The molecular weight excluding hydrogens is 386 g/mol. The van der Waals surface area contributed by atoms with Gasteiger partial charge in [-0.15, -0.1) is 0 Å². The first-order valence-corrected chi connectivity index (χ1v) is 11.2. The van der Waals surface area contributed by atoms with Crippen LogP contribution in [0.1, 0.15) is 42.3 Å². The van der Waals surface area contributed by atoms with Crippen molar-refractivity contribution in [2.45, 2.75) is 44.7 Å². The van der Waals surface area contributed by atoms with Crippen molar-refractivity contribution in [2.75, 3.05) is 25.0 Å². The van der Waals surface area contributed by atoms with E-state index in [1.165, 1.54) is 6.07 Å². The summed E-state index contributed by atoms with van der Waals surface area (Å²) in [6.45, 7) is 8.97. The molecule has 0 saturated carbocycles. The number of nitrogens with one attached hydrogen (secondary N) is 1. The Morgan fingerprint density at radius 1 is 1.07 bits per heavy atom. The number of rotatable bonds is 3. The van der Waals surface area contributed by atoms with Gasteiger partial charge >= 0.3 is 0 Å². The van der Waals surface area contributed by atoms with E-state index in [0.29, 0.717) is 25.2 Å². The second-order valence-electron chi connectivity index (χ2n) is 8.61. The van der Waals surface area contributed by atoms with Gasteiger partial charge in [-0.1, -0.05) is 24.3 Å². The third-order valence-corrected chi connectivity index (χ3v) is 6.70. The lowest BCUT2D eigenvalue weighted by atomic mass is 10.1. The molecule has 1 heterocycles. The molecule has 1 N–H and O–H groups in total. The largest absolute Gasteiger partial charge is 0.373 e. The Hall–Kier alpha value is -2.38. The number of para-hydroxylation sites is 1. The zero-order chi connectivity index (χ0) is 21.4. The van der Waals surface area contributed by atoms with E-state index in [1.807, 2.05) is 32.2 Å². The van der Waals surface area contributed by atoms with Crippen molar-refractivity contribution in [3.8, 4) is 0 Å². The number of benzene rings is 2. The fraction of sp³-hybridized carbons (Fsp3) is 0.409. The summed E-state index contributed by atoms with van der Waals surface area (Å²) in [5.74, 6) is -0.152. The standard InChI is InChI=1S/C22H29N3O3S/c1-16-10-11-18(29(27,28)23-22(2,3)4)14-19(16)21(26)25-13-12-24(5)20-9-7-6-8-17(20)15-25/h6-11,14,23H,12-13,15H2,1-5H3. The monoisotopic (exact) mass is 415 g/mol. The van der Waals surface area contributed by atoms with Gasteiger partial charge in [0.25, 0.3) is 5.91 Å². The summed E-state index contributed by atoms with van der Waals surface area (Å²) in [6, 6.07) is 12.8. The summed E-state index contributed by atoms with van der Waals surface area (Å²) >= 11 is 0. The Kier molecular flexibility index (Phi) is 5.74. The normalized spacial score (nSPS) is 15.1. The van der Waals surface area contributed by atoms with Gasteiger partial charge in [0.15, 0.2) is 0 Å². The molecule has 29 heavy (non-hydrogen) atoms. The molecule has 3 rings (SSSR count). The molecule has 2 aromatic rings. The van der Waals surface area contributed by atoms with Gasteiger partial charge in [-0.3, -0.25) is 4.79 Å². The number of carbonyl (C=O) groups is 1. The van der Waals surface area contributed by atoms with E-state index >= 15 is 0 Å². The molecule has 0 saturated heterocycles. The lowest BCUT2D eigenvalue weighted by Gasteiger charge is -2.23. The van der Waals surface area contributed by atoms with Crippen LogP contribution in [0.3, 0.4) is 0 Å². The Balaban J connectivity index is 1.94. The summed E-state index contributed by atoms with van der Waals surface area (Å²) in [4.78, 5) is 17.4. The number of likely N-dealkylation sites (N-methyl/N-ethyl adjacent to an activating group) is 1. The van der Waals surface area contributed by atoms with Crippen molar-refractivity contribution in [1.29, 1.82) is 0 Å². The van der Waals surface area contributed by atoms with Crippen molar-refractivity contribution in [3.63, 3.8) is 0 Å². The number of hydrogen-bond acceptors (Lipinski definition) is 4. The Morgan fingerprint density at radius 2 is 1.76 bits per heavy atom. The molecule has 1 aliphatic heterocycles. The van der Waals surface area contributed by atoms with Crippen molar-refractivity contribution >= 4 is 21.6 Å². The number of nitrogens with zero attached hydrogens (tertiary/aromatic N) is 2. The average molecular weight is 416 g/mol. The van der Waals surface area contributed by atoms with E-state index in [2.05, 4.69) is 15.7 Å². The number of amides is 1. The number of sulfonamides is 1. The number of carbonyl (C=O) groups excluding carboxylic acids is 1. The summed E-state index contributed by atoms with van der Waals surface area (Å²) in [7, 11) is -1.70. The third-order valence-electron chi connectivity index (χ3n) is 4.95. The minimum atomic E-state index is -3.72. The van der Waals surface area contributed by atoms with E-state index in [0.717, 1.165) is 16.8 Å². The smallest absolute Gasteiger partial charge is 0.254 e.